The maximum Gasteiger partial charge on any atom is 0.391 e. The molecule has 0 bridgehead atoms. The number of fused-ring (bicyclic) bond motifs is 1. The summed E-state index contributed by atoms with van der Waals surface area (Å²) in [6, 6.07) is 7.64. The predicted octanol–water partition coefficient (Wildman–Crippen LogP) is 4.14. The van der Waals surface area contributed by atoms with Crippen LogP contribution in [0.15, 0.2) is 36.7 Å². The molecule has 0 atom stereocenters. The molecule has 0 saturated heterocycles. The minimum Gasteiger partial charge on any atom is -0.321 e. The van der Waals surface area contributed by atoms with Gasteiger partial charge in [0, 0.05) is 23.3 Å². The fraction of sp³-hybridized carbons (Fsp3) is 0.438. The first kappa shape index (κ1) is 14.3. The van der Waals surface area contributed by atoms with Gasteiger partial charge in [0.25, 0.3) is 0 Å². The van der Waals surface area contributed by atoms with Gasteiger partial charge in [-0.15, -0.1) is 0 Å². The maximum absolute atomic E-state index is 12.8. The van der Waals surface area contributed by atoms with E-state index in [9.17, 15) is 13.2 Å². The highest BCUT2D eigenvalue weighted by Gasteiger charge is 2.45. The van der Waals surface area contributed by atoms with E-state index >= 15 is 0 Å². The van der Waals surface area contributed by atoms with Crippen molar-refractivity contribution in [3.05, 3.63) is 42.2 Å². The molecule has 0 unspecified atom stereocenters. The van der Waals surface area contributed by atoms with Crippen LogP contribution in [0.4, 0.5) is 13.2 Å². The molecule has 2 aromatic rings. The highest BCUT2D eigenvalue weighted by atomic mass is 19.4. The van der Waals surface area contributed by atoms with Crippen LogP contribution in [0.2, 0.25) is 0 Å². The molecule has 2 N–H and O–H groups in total. The van der Waals surface area contributed by atoms with Crippen molar-refractivity contribution in [1.82, 2.24) is 4.98 Å². The van der Waals surface area contributed by atoms with Crippen LogP contribution in [-0.2, 0) is 5.54 Å². The van der Waals surface area contributed by atoms with Gasteiger partial charge in [0.1, 0.15) is 0 Å². The van der Waals surface area contributed by atoms with Gasteiger partial charge in [-0.2, -0.15) is 13.2 Å². The van der Waals surface area contributed by atoms with E-state index in [1.165, 1.54) is 0 Å². The number of rotatable bonds is 1. The Bertz CT molecular complexity index is 638. The van der Waals surface area contributed by atoms with Crippen molar-refractivity contribution in [3.63, 3.8) is 0 Å². The Morgan fingerprint density at radius 2 is 1.86 bits per heavy atom. The molecule has 112 valence electrons. The van der Waals surface area contributed by atoms with Crippen molar-refractivity contribution in [2.24, 2.45) is 11.7 Å². The summed E-state index contributed by atoms with van der Waals surface area (Å²) in [5, 5.41) is 1.96. The van der Waals surface area contributed by atoms with Gasteiger partial charge >= 0.3 is 6.18 Å². The number of hydrogen-bond donors (Lipinski definition) is 1. The highest BCUT2D eigenvalue weighted by molar-refractivity contribution is 5.85. The van der Waals surface area contributed by atoms with Crippen molar-refractivity contribution in [1.29, 1.82) is 0 Å². The summed E-state index contributed by atoms with van der Waals surface area (Å²) in [6.07, 6.45) is 0.254. The number of aromatic nitrogens is 1. The first-order chi connectivity index (χ1) is 9.90. The lowest BCUT2D eigenvalue weighted by Crippen LogP contribution is -2.43. The van der Waals surface area contributed by atoms with Gasteiger partial charge in [-0.25, -0.2) is 0 Å². The van der Waals surface area contributed by atoms with E-state index in [2.05, 4.69) is 4.98 Å². The Morgan fingerprint density at radius 1 is 1.14 bits per heavy atom. The lowest BCUT2D eigenvalue weighted by Gasteiger charge is -2.38. The first-order valence-electron chi connectivity index (χ1n) is 7.09. The van der Waals surface area contributed by atoms with Gasteiger partial charge in [0.15, 0.2) is 0 Å². The Labute approximate surface area is 121 Å². The summed E-state index contributed by atoms with van der Waals surface area (Å²) < 4.78 is 38.4. The largest absolute Gasteiger partial charge is 0.391 e. The predicted molar refractivity (Wildman–Crippen MR) is 75.6 cm³/mol. The Hall–Kier alpha value is -1.62. The van der Waals surface area contributed by atoms with Gasteiger partial charge in [0.2, 0.25) is 0 Å². The van der Waals surface area contributed by atoms with Gasteiger partial charge in [-0.3, -0.25) is 4.98 Å². The molecule has 3 rings (SSSR count). The molecule has 1 heterocycles. The van der Waals surface area contributed by atoms with Crippen LogP contribution in [-0.4, -0.2) is 11.2 Å². The summed E-state index contributed by atoms with van der Waals surface area (Å²) in [4.78, 5) is 4.08. The van der Waals surface area contributed by atoms with Crippen molar-refractivity contribution in [3.8, 4) is 0 Å². The number of nitrogens with two attached hydrogens (primary N) is 1. The summed E-state index contributed by atoms with van der Waals surface area (Å²) >= 11 is 0. The lowest BCUT2D eigenvalue weighted by atomic mass is 9.72. The Morgan fingerprint density at radius 3 is 2.52 bits per heavy atom. The Kier molecular flexibility index (Phi) is 3.40. The second-order valence-electron chi connectivity index (χ2n) is 5.87. The van der Waals surface area contributed by atoms with E-state index in [0.29, 0.717) is 12.8 Å². The van der Waals surface area contributed by atoms with Gasteiger partial charge in [0.05, 0.1) is 5.92 Å². The zero-order valence-corrected chi connectivity index (χ0v) is 11.5. The molecule has 0 amide bonds. The molecule has 5 heteroatoms. The van der Waals surface area contributed by atoms with Crippen LogP contribution in [0.1, 0.15) is 31.2 Å². The van der Waals surface area contributed by atoms with Crippen molar-refractivity contribution >= 4 is 10.8 Å². The molecule has 1 aliphatic carbocycles. The monoisotopic (exact) mass is 294 g/mol. The number of halogens is 3. The lowest BCUT2D eigenvalue weighted by molar-refractivity contribution is -0.184. The van der Waals surface area contributed by atoms with E-state index in [4.69, 9.17) is 5.73 Å². The molecule has 0 spiro atoms. The smallest absolute Gasteiger partial charge is 0.321 e. The molecule has 1 aromatic carbocycles. The van der Waals surface area contributed by atoms with Crippen LogP contribution in [0.5, 0.6) is 0 Å². The number of benzene rings is 1. The summed E-state index contributed by atoms with van der Waals surface area (Å²) in [5.41, 5.74) is 6.72. The number of alkyl halides is 3. The molecule has 0 aliphatic heterocycles. The van der Waals surface area contributed by atoms with Gasteiger partial charge < -0.3 is 5.73 Å². The van der Waals surface area contributed by atoms with E-state index < -0.39 is 17.6 Å². The molecule has 2 nitrogen and oxygen atoms in total. The van der Waals surface area contributed by atoms with Crippen molar-refractivity contribution in [2.45, 2.75) is 37.4 Å². The quantitative estimate of drug-likeness (QED) is 0.858. The Balaban J connectivity index is 1.93. The third kappa shape index (κ3) is 2.62. The van der Waals surface area contributed by atoms with Crippen LogP contribution in [0.3, 0.4) is 0 Å². The first-order valence-corrected chi connectivity index (χ1v) is 7.09. The standard InChI is InChI=1S/C16H17F3N2/c17-16(18,19)12-4-7-15(20,8-5-12)14-3-1-2-11-10-21-9-6-13(11)14/h1-3,6,9-10,12H,4-5,7-8,20H2. The average molecular weight is 294 g/mol. The topological polar surface area (TPSA) is 38.9 Å². The summed E-state index contributed by atoms with van der Waals surface area (Å²) in [6.45, 7) is 0. The zero-order chi connectivity index (χ0) is 15.1. The second kappa shape index (κ2) is 4.98. The van der Waals surface area contributed by atoms with Gasteiger partial charge in [-0.05, 0) is 42.7 Å². The zero-order valence-electron chi connectivity index (χ0n) is 11.5. The fourth-order valence-electron chi connectivity index (χ4n) is 3.29. The molecule has 1 aromatic heterocycles. The van der Waals surface area contributed by atoms with Crippen molar-refractivity contribution < 1.29 is 13.2 Å². The normalized spacial score (nSPS) is 27.0. The highest BCUT2D eigenvalue weighted by Crippen LogP contribution is 2.45. The minimum atomic E-state index is -4.11. The van der Waals surface area contributed by atoms with Crippen LogP contribution < -0.4 is 5.73 Å². The van der Waals surface area contributed by atoms with E-state index in [1.54, 1.807) is 12.4 Å². The van der Waals surface area contributed by atoms with E-state index in [-0.39, 0.29) is 12.8 Å². The number of hydrogen-bond acceptors (Lipinski definition) is 2. The van der Waals surface area contributed by atoms with Crippen molar-refractivity contribution in [2.75, 3.05) is 0 Å². The van der Waals surface area contributed by atoms with E-state index in [1.807, 2.05) is 24.3 Å². The van der Waals surface area contributed by atoms with Gasteiger partial charge in [-0.1, -0.05) is 18.2 Å². The molecule has 21 heavy (non-hydrogen) atoms. The fourth-order valence-corrected chi connectivity index (χ4v) is 3.29. The minimum absolute atomic E-state index is 0.0987. The molecule has 0 radical (unpaired) electrons. The molecular formula is C16H17F3N2. The number of nitrogens with zero attached hydrogens (tertiary/aromatic N) is 1. The summed E-state index contributed by atoms with van der Waals surface area (Å²) in [7, 11) is 0. The average Bonchev–Trinajstić information content (AvgIpc) is 2.46. The third-order valence-corrected chi connectivity index (χ3v) is 4.56. The molecule has 1 saturated carbocycles. The SMILES string of the molecule is NC1(c2cccc3cnccc23)CCC(C(F)(F)F)CC1. The maximum atomic E-state index is 12.8. The van der Waals surface area contributed by atoms with Crippen LogP contribution in [0, 0.1) is 5.92 Å². The second-order valence-corrected chi connectivity index (χ2v) is 5.87. The molecule has 1 aliphatic rings. The number of pyridine rings is 1. The van der Waals surface area contributed by atoms with Crippen LogP contribution >= 0.6 is 0 Å². The van der Waals surface area contributed by atoms with Crippen LogP contribution in [0.25, 0.3) is 10.8 Å². The molecular weight excluding hydrogens is 277 g/mol. The summed E-state index contributed by atoms with van der Waals surface area (Å²) in [5.74, 6) is -1.22. The molecule has 1 fully saturated rings. The third-order valence-electron chi connectivity index (χ3n) is 4.56. The van der Waals surface area contributed by atoms with E-state index in [0.717, 1.165) is 16.3 Å².